The second-order valence-corrected chi connectivity index (χ2v) is 4.72. The maximum Gasteiger partial charge on any atom is 0.331 e. The van der Waals surface area contributed by atoms with E-state index < -0.39 is 5.97 Å². The van der Waals surface area contributed by atoms with Gasteiger partial charge in [0.1, 0.15) is 12.4 Å². The average molecular weight is 298 g/mol. The molecule has 0 saturated carbocycles. The largest absolute Gasteiger partial charge is 0.497 e. The van der Waals surface area contributed by atoms with Crippen molar-refractivity contribution >= 4 is 23.4 Å². The molecule has 0 aromatic heterocycles. The van der Waals surface area contributed by atoms with Gasteiger partial charge in [0, 0.05) is 17.5 Å². The lowest BCUT2D eigenvalue weighted by atomic mass is 10.2. The summed E-state index contributed by atoms with van der Waals surface area (Å²) in [6.07, 6.45) is 3.05. The molecule has 22 heavy (non-hydrogen) atoms. The molecule has 0 aliphatic heterocycles. The third kappa shape index (κ3) is 4.56. The molecule has 5 nitrogen and oxygen atoms in total. The quantitative estimate of drug-likeness (QED) is 0.503. The summed E-state index contributed by atoms with van der Waals surface area (Å²) in [7, 11) is 1.60. The topological polar surface area (TPSA) is 87.6 Å². The third-order valence-electron chi connectivity index (χ3n) is 2.95. The van der Waals surface area contributed by atoms with Crippen LogP contribution in [0.5, 0.6) is 5.75 Å². The van der Waals surface area contributed by atoms with Crippen LogP contribution in [0.2, 0.25) is 0 Å². The van der Waals surface area contributed by atoms with Crippen LogP contribution in [0, 0.1) is 0 Å². The van der Waals surface area contributed by atoms with Gasteiger partial charge in [-0.1, -0.05) is 12.1 Å². The van der Waals surface area contributed by atoms with Crippen molar-refractivity contribution in [3.05, 3.63) is 59.7 Å². The maximum atomic E-state index is 11.7. The van der Waals surface area contributed by atoms with Crippen molar-refractivity contribution in [3.8, 4) is 5.75 Å². The van der Waals surface area contributed by atoms with E-state index >= 15 is 0 Å². The van der Waals surface area contributed by atoms with E-state index in [0.29, 0.717) is 11.4 Å². The molecule has 0 saturated heterocycles. The van der Waals surface area contributed by atoms with Crippen molar-refractivity contribution < 1.29 is 14.3 Å². The predicted octanol–water partition coefficient (Wildman–Crippen LogP) is 2.62. The summed E-state index contributed by atoms with van der Waals surface area (Å²) in [6, 6.07) is 12.4. The summed E-state index contributed by atoms with van der Waals surface area (Å²) in [5, 5.41) is 0. The maximum absolute atomic E-state index is 11.7. The minimum absolute atomic E-state index is 0.126. The van der Waals surface area contributed by atoms with E-state index in [1.807, 2.05) is 24.3 Å². The Morgan fingerprint density at radius 1 is 1.09 bits per heavy atom. The van der Waals surface area contributed by atoms with E-state index in [2.05, 4.69) is 0 Å². The fraction of sp³-hybridized carbons (Fsp3) is 0.118. The van der Waals surface area contributed by atoms with Gasteiger partial charge >= 0.3 is 5.97 Å². The van der Waals surface area contributed by atoms with Crippen molar-refractivity contribution in [1.82, 2.24) is 0 Å². The minimum Gasteiger partial charge on any atom is -0.497 e. The van der Waals surface area contributed by atoms with Crippen LogP contribution in [0.15, 0.2) is 48.5 Å². The van der Waals surface area contributed by atoms with Gasteiger partial charge in [0.25, 0.3) is 0 Å². The van der Waals surface area contributed by atoms with Crippen LogP contribution in [-0.2, 0) is 16.1 Å². The van der Waals surface area contributed by atoms with Gasteiger partial charge in [0.15, 0.2) is 0 Å². The molecule has 2 rings (SSSR count). The summed E-state index contributed by atoms with van der Waals surface area (Å²) in [4.78, 5) is 11.7. The molecule has 114 valence electrons. The highest BCUT2D eigenvalue weighted by molar-refractivity contribution is 5.87. The molecule has 0 atom stereocenters. The molecular weight excluding hydrogens is 280 g/mol. The molecule has 0 amide bonds. The molecule has 0 fully saturated rings. The first kappa shape index (κ1) is 15.4. The highest BCUT2D eigenvalue weighted by Gasteiger charge is 2.01. The van der Waals surface area contributed by atoms with Gasteiger partial charge in [0.05, 0.1) is 7.11 Å². The second-order valence-electron chi connectivity index (χ2n) is 4.72. The minimum atomic E-state index is -0.434. The number of ether oxygens (including phenoxy) is 2. The molecule has 2 aromatic rings. The fourth-order valence-electron chi connectivity index (χ4n) is 1.91. The monoisotopic (exact) mass is 298 g/mol. The number of carbonyl (C=O) groups is 1. The number of benzene rings is 2. The van der Waals surface area contributed by atoms with E-state index in [1.54, 1.807) is 31.4 Å². The van der Waals surface area contributed by atoms with Gasteiger partial charge in [-0.15, -0.1) is 0 Å². The number of nitrogens with two attached hydrogens (primary N) is 2. The van der Waals surface area contributed by atoms with Gasteiger partial charge in [-0.2, -0.15) is 0 Å². The zero-order chi connectivity index (χ0) is 15.9. The second kappa shape index (κ2) is 7.17. The Morgan fingerprint density at radius 2 is 1.73 bits per heavy atom. The van der Waals surface area contributed by atoms with Crippen LogP contribution in [0.1, 0.15) is 11.1 Å². The number of methoxy groups -OCH3 is 1. The Balaban J connectivity index is 1.90. The number of anilines is 2. The Morgan fingerprint density at radius 3 is 2.32 bits per heavy atom. The molecule has 0 bridgehead atoms. The molecule has 2 aromatic carbocycles. The number of nitrogen functional groups attached to an aromatic ring is 2. The Hall–Kier alpha value is -2.95. The van der Waals surface area contributed by atoms with Crippen LogP contribution < -0.4 is 16.2 Å². The molecule has 0 spiro atoms. The first-order valence-electron chi connectivity index (χ1n) is 6.70. The van der Waals surface area contributed by atoms with Crippen molar-refractivity contribution in [2.45, 2.75) is 6.61 Å². The summed E-state index contributed by atoms with van der Waals surface area (Å²) in [5.74, 6) is 0.329. The van der Waals surface area contributed by atoms with Crippen LogP contribution >= 0.6 is 0 Å². The number of esters is 1. The van der Waals surface area contributed by atoms with Crippen molar-refractivity contribution in [3.63, 3.8) is 0 Å². The third-order valence-corrected chi connectivity index (χ3v) is 2.95. The van der Waals surface area contributed by atoms with E-state index in [4.69, 9.17) is 20.9 Å². The predicted molar refractivity (Wildman–Crippen MR) is 87.1 cm³/mol. The van der Waals surface area contributed by atoms with Gasteiger partial charge in [-0.3, -0.25) is 0 Å². The molecule has 4 N–H and O–H groups in total. The fourth-order valence-corrected chi connectivity index (χ4v) is 1.91. The summed E-state index contributed by atoms with van der Waals surface area (Å²) < 4.78 is 10.2. The van der Waals surface area contributed by atoms with E-state index in [-0.39, 0.29) is 6.61 Å². The molecular formula is C17H18N2O3. The molecule has 5 heteroatoms. The number of carbonyl (C=O) groups excluding carboxylic acids is 1. The van der Waals surface area contributed by atoms with Crippen LogP contribution in [0.4, 0.5) is 11.4 Å². The standard InChI is InChI=1S/C17H18N2O3/c1-21-16-5-2-12(3-6-16)4-7-17(20)22-11-13-8-14(18)10-15(19)9-13/h2-10H,11,18-19H2,1H3. The van der Waals surface area contributed by atoms with Gasteiger partial charge < -0.3 is 20.9 Å². The first-order valence-corrected chi connectivity index (χ1v) is 6.70. The molecule has 0 aliphatic carbocycles. The normalized spacial score (nSPS) is 10.6. The van der Waals surface area contributed by atoms with Crippen molar-refractivity contribution in [1.29, 1.82) is 0 Å². The summed E-state index contributed by atoms with van der Waals surface area (Å²) in [6.45, 7) is 0.126. The van der Waals surface area contributed by atoms with Crippen molar-refractivity contribution in [2.24, 2.45) is 0 Å². The number of hydrogen-bond donors (Lipinski definition) is 2. The van der Waals surface area contributed by atoms with Crippen molar-refractivity contribution in [2.75, 3.05) is 18.6 Å². The molecule has 0 aliphatic rings. The molecule has 0 radical (unpaired) electrons. The average Bonchev–Trinajstić information content (AvgIpc) is 2.50. The summed E-state index contributed by atoms with van der Waals surface area (Å²) >= 11 is 0. The lowest BCUT2D eigenvalue weighted by Crippen LogP contribution is -2.02. The number of hydrogen-bond acceptors (Lipinski definition) is 5. The Labute approximate surface area is 129 Å². The molecule has 0 heterocycles. The van der Waals surface area contributed by atoms with Crippen LogP contribution in [0.25, 0.3) is 6.08 Å². The number of rotatable bonds is 5. The highest BCUT2D eigenvalue weighted by atomic mass is 16.5. The first-order chi connectivity index (χ1) is 10.6. The van der Waals surface area contributed by atoms with Crippen LogP contribution in [0.3, 0.4) is 0 Å². The SMILES string of the molecule is COc1ccc(C=CC(=O)OCc2cc(N)cc(N)c2)cc1. The lowest BCUT2D eigenvalue weighted by molar-refractivity contribution is -0.138. The summed E-state index contributed by atoms with van der Waals surface area (Å²) in [5.41, 5.74) is 14.1. The zero-order valence-electron chi connectivity index (χ0n) is 12.3. The van der Waals surface area contributed by atoms with E-state index in [0.717, 1.165) is 16.9 Å². The van der Waals surface area contributed by atoms with E-state index in [9.17, 15) is 4.79 Å². The van der Waals surface area contributed by atoms with Gasteiger partial charge in [0.2, 0.25) is 0 Å². The van der Waals surface area contributed by atoms with E-state index in [1.165, 1.54) is 6.08 Å². The zero-order valence-corrected chi connectivity index (χ0v) is 12.3. The lowest BCUT2D eigenvalue weighted by Gasteiger charge is -2.05. The Kier molecular flexibility index (Phi) is 5.03. The smallest absolute Gasteiger partial charge is 0.331 e. The van der Waals surface area contributed by atoms with Gasteiger partial charge in [-0.25, -0.2) is 4.79 Å². The Bertz CT molecular complexity index is 659. The van der Waals surface area contributed by atoms with Gasteiger partial charge in [-0.05, 0) is 47.5 Å². The highest BCUT2D eigenvalue weighted by Crippen LogP contribution is 2.15. The molecule has 0 unspecified atom stereocenters. The van der Waals surface area contributed by atoms with Crippen LogP contribution in [-0.4, -0.2) is 13.1 Å².